The number of hydrogen-bond acceptors (Lipinski definition) is 5. The zero-order valence-electron chi connectivity index (χ0n) is 11.4. The van der Waals surface area contributed by atoms with E-state index in [-0.39, 0.29) is 42.8 Å². The smallest absolute Gasteiger partial charge is 0.256 e. The molecule has 2 unspecified atom stereocenters. The second kappa shape index (κ2) is 6.08. The van der Waals surface area contributed by atoms with E-state index in [4.69, 9.17) is 22.0 Å². The molecule has 1 aromatic rings. The molecule has 0 aromatic carbocycles. The van der Waals surface area contributed by atoms with Gasteiger partial charge in [-0.25, -0.2) is 13.8 Å². The van der Waals surface area contributed by atoms with E-state index in [0.29, 0.717) is 0 Å². The number of aliphatic hydroxyl groups is 1. The van der Waals surface area contributed by atoms with Crippen LogP contribution in [0.4, 0.5) is 14.6 Å². The van der Waals surface area contributed by atoms with Crippen LogP contribution in [0, 0.1) is 23.2 Å². The molecule has 5 nitrogen and oxygen atoms in total. The summed E-state index contributed by atoms with van der Waals surface area (Å²) in [5.74, 6) is -4.50. The molecule has 0 saturated carbocycles. The standard InChI is InChI=1S/C13H15ClF2N4O/c1-8-6-20(7-10(2-3-21)13(8,15)16)11-9(4-17)5-18-12(14)19-11/h5,8,10,21H,2-3,6-7H2,1H3. The summed E-state index contributed by atoms with van der Waals surface area (Å²) < 4.78 is 28.3. The van der Waals surface area contributed by atoms with Crippen molar-refractivity contribution in [1.82, 2.24) is 9.97 Å². The molecular weight excluding hydrogens is 302 g/mol. The van der Waals surface area contributed by atoms with Gasteiger partial charge in [0, 0.05) is 31.5 Å². The van der Waals surface area contributed by atoms with Gasteiger partial charge in [-0.15, -0.1) is 0 Å². The summed E-state index contributed by atoms with van der Waals surface area (Å²) in [6.07, 6.45) is 1.28. The molecule has 1 aliphatic rings. The first kappa shape index (κ1) is 15.9. The van der Waals surface area contributed by atoms with Gasteiger partial charge in [0.05, 0.1) is 6.20 Å². The Balaban J connectivity index is 2.34. The van der Waals surface area contributed by atoms with Crippen molar-refractivity contribution in [3.05, 3.63) is 17.0 Å². The van der Waals surface area contributed by atoms with Crippen LogP contribution in [0.25, 0.3) is 0 Å². The molecule has 0 aliphatic carbocycles. The quantitative estimate of drug-likeness (QED) is 0.864. The van der Waals surface area contributed by atoms with Crippen LogP contribution in [0.1, 0.15) is 18.9 Å². The Bertz CT molecular complexity index is 564. The Morgan fingerprint density at radius 2 is 2.29 bits per heavy atom. The van der Waals surface area contributed by atoms with Crippen molar-refractivity contribution >= 4 is 17.4 Å². The second-order valence-electron chi connectivity index (χ2n) is 5.18. The summed E-state index contributed by atoms with van der Waals surface area (Å²) in [6.45, 7) is 1.22. The average Bonchev–Trinajstić information content (AvgIpc) is 2.44. The zero-order valence-corrected chi connectivity index (χ0v) is 12.2. The first-order valence-electron chi connectivity index (χ1n) is 6.56. The lowest BCUT2D eigenvalue weighted by Crippen LogP contribution is -2.53. The van der Waals surface area contributed by atoms with Crippen LogP contribution in [0.5, 0.6) is 0 Å². The lowest BCUT2D eigenvalue weighted by molar-refractivity contribution is -0.116. The zero-order chi connectivity index (χ0) is 15.6. The summed E-state index contributed by atoms with van der Waals surface area (Å²) in [6, 6.07) is 1.94. The number of rotatable bonds is 3. The number of anilines is 1. The van der Waals surface area contributed by atoms with Crippen molar-refractivity contribution in [2.24, 2.45) is 11.8 Å². The van der Waals surface area contributed by atoms with E-state index in [1.807, 2.05) is 6.07 Å². The van der Waals surface area contributed by atoms with Gasteiger partial charge in [-0.2, -0.15) is 10.2 Å². The van der Waals surface area contributed by atoms with Crippen molar-refractivity contribution in [3.8, 4) is 6.07 Å². The number of aromatic nitrogens is 2. The topological polar surface area (TPSA) is 73.0 Å². The third-order valence-corrected chi connectivity index (χ3v) is 3.96. The van der Waals surface area contributed by atoms with Crippen LogP contribution in [0.15, 0.2) is 6.20 Å². The highest BCUT2D eigenvalue weighted by molar-refractivity contribution is 6.28. The Hall–Kier alpha value is -1.52. The fraction of sp³-hybridized carbons (Fsp3) is 0.615. The van der Waals surface area contributed by atoms with Gasteiger partial charge < -0.3 is 10.0 Å². The normalized spacial score (nSPS) is 24.7. The van der Waals surface area contributed by atoms with E-state index in [1.165, 1.54) is 13.1 Å². The molecule has 114 valence electrons. The molecular formula is C13H15ClF2N4O. The summed E-state index contributed by atoms with van der Waals surface area (Å²) in [5, 5.41) is 18.0. The first-order valence-corrected chi connectivity index (χ1v) is 6.94. The molecule has 2 atom stereocenters. The molecule has 8 heteroatoms. The maximum atomic E-state index is 14.1. The van der Waals surface area contributed by atoms with Crippen LogP contribution in [0.3, 0.4) is 0 Å². The number of halogens is 3. The third kappa shape index (κ3) is 3.06. The Kier molecular flexibility index (Phi) is 4.59. The van der Waals surface area contributed by atoms with Crippen LogP contribution in [0.2, 0.25) is 5.28 Å². The van der Waals surface area contributed by atoms with Gasteiger partial charge in [-0.3, -0.25) is 0 Å². The van der Waals surface area contributed by atoms with Crippen LogP contribution in [-0.4, -0.2) is 40.7 Å². The lowest BCUT2D eigenvalue weighted by Gasteiger charge is -2.43. The van der Waals surface area contributed by atoms with Gasteiger partial charge in [0.2, 0.25) is 5.28 Å². The van der Waals surface area contributed by atoms with Gasteiger partial charge in [0.1, 0.15) is 11.6 Å². The molecule has 1 N–H and O–H groups in total. The Morgan fingerprint density at radius 3 is 2.90 bits per heavy atom. The molecule has 1 aromatic heterocycles. The SMILES string of the molecule is CC1CN(c2nc(Cl)ncc2C#N)CC(CCO)C1(F)F. The minimum atomic E-state index is -2.86. The lowest BCUT2D eigenvalue weighted by atomic mass is 9.84. The van der Waals surface area contributed by atoms with Crippen LogP contribution in [-0.2, 0) is 0 Å². The van der Waals surface area contributed by atoms with E-state index in [2.05, 4.69) is 9.97 Å². The largest absolute Gasteiger partial charge is 0.396 e. The molecule has 1 aliphatic heterocycles. The number of alkyl halides is 2. The third-order valence-electron chi connectivity index (χ3n) is 3.77. The van der Waals surface area contributed by atoms with Gasteiger partial charge in [-0.1, -0.05) is 6.92 Å². The number of nitriles is 1. The maximum absolute atomic E-state index is 14.1. The minimum Gasteiger partial charge on any atom is -0.396 e. The van der Waals surface area contributed by atoms with E-state index in [1.54, 1.807) is 4.90 Å². The van der Waals surface area contributed by atoms with E-state index in [9.17, 15) is 8.78 Å². The number of hydrogen-bond donors (Lipinski definition) is 1. The van der Waals surface area contributed by atoms with Gasteiger partial charge in [0.15, 0.2) is 5.82 Å². The highest BCUT2D eigenvalue weighted by Gasteiger charge is 2.49. The maximum Gasteiger partial charge on any atom is 0.256 e. The van der Waals surface area contributed by atoms with Gasteiger partial charge >= 0.3 is 0 Å². The number of aliphatic hydroxyl groups excluding tert-OH is 1. The number of piperidine rings is 1. The minimum absolute atomic E-state index is 0.00541. The molecule has 2 heterocycles. The molecule has 0 radical (unpaired) electrons. The fourth-order valence-electron chi connectivity index (χ4n) is 2.60. The summed E-state index contributed by atoms with van der Waals surface area (Å²) in [7, 11) is 0. The van der Waals surface area contributed by atoms with E-state index < -0.39 is 17.8 Å². The highest BCUT2D eigenvalue weighted by Crippen LogP contribution is 2.40. The molecule has 0 spiro atoms. The molecule has 1 fully saturated rings. The Labute approximate surface area is 126 Å². The highest BCUT2D eigenvalue weighted by atomic mass is 35.5. The summed E-state index contributed by atoms with van der Waals surface area (Å²) in [5.41, 5.74) is 0.194. The fourth-order valence-corrected chi connectivity index (χ4v) is 2.73. The van der Waals surface area contributed by atoms with Crippen molar-refractivity contribution in [3.63, 3.8) is 0 Å². The van der Waals surface area contributed by atoms with Crippen LogP contribution < -0.4 is 4.90 Å². The molecule has 2 rings (SSSR count). The second-order valence-corrected chi connectivity index (χ2v) is 5.52. The average molecular weight is 317 g/mol. The molecule has 1 saturated heterocycles. The van der Waals surface area contributed by atoms with E-state index >= 15 is 0 Å². The molecule has 0 amide bonds. The summed E-state index contributed by atoms with van der Waals surface area (Å²) >= 11 is 5.74. The molecule has 0 bridgehead atoms. The van der Waals surface area contributed by atoms with Crippen LogP contribution >= 0.6 is 11.6 Å². The number of nitrogens with zero attached hydrogens (tertiary/aromatic N) is 4. The van der Waals surface area contributed by atoms with Gasteiger partial charge in [0.25, 0.3) is 5.92 Å². The summed E-state index contributed by atoms with van der Waals surface area (Å²) in [4.78, 5) is 9.34. The van der Waals surface area contributed by atoms with Crippen molar-refractivity contribution in [2.45, 2.75) is 19.3 Å². The van der Waals surface area contributed by atoms with Crippen molar-refractivity contribution in [1.29, 1.82) is 5.26 Å². The first-order chi connectivity index (χ1) is 9.90. The van der Waals surface area contributed by atoms with Crippen molar-refractivity contribution in [2.75, 3.05) is 24.6 Å². The van der Waals surface area contributed by atoms with Crippen molar-refractivity contribution < 1.29 is 13.9 Å². The van der Waals surface area contributed by atoms with E-state index in [0.717, 1.165) is 0 Å². The van der Waals surface area contributed by atoms with Gasteiger partial charge in [-0.05, 0) is 18.0 Å². The molecule has 21 heavy (non-hydrogen) atoms. The monoisotopic (exact) mass is 316 g/mol. The Morgan fingerprint density at radius 1 is 1.57 bits per heavy atom. The predicted molar refractivity (Wildman–Crippen MR) is 73.3 cm³/mol. The predicted octanol–water partition coefficient (Wildman–Crippen LogP) is 2.09.